The largest absolute Gasteiger partial charge is 0.325 e. The van der Waals surface area contributed by atoms with Crippen molar-refractivity contribution in [2.24, 2.45) is 0 Å². The number of aryl methyl sites for hydroxylation is 1. The highest BCUT2D eigenvalue weighted by atomic mass is 35.5. The molecule has 104 valence electrons. The average molecular weight is 289 g/mol. The van der Waals surface area contributed by atoms with Crippen molar-refractivity contribution in [1.29, 1.82) is 0 Å². The molecule has 0 bridgehead atoms. The van der Waals surface area contributed by atoms with E-state index in [9.17, 15) is 4.79 Å². The zero-order valence-electron chi connectivity index (χ0n) is 11.3. The van der Waals surface area contributed by atoms with Crippen molar-refractivity contribution in [3.63, 3.8) is 0 Å². The van der Waals surface area contributed by atoms with Crippen LogP contribution in [0.4, 0.5) is 5.69 Å². The quantitative estimate of drug-likeness (QED) is 0.885. The number of hydrogen-bond donors (Lipinski definition) is 2. The normalized spacial score (nSPS) is 10.3. The van der Waals surface area contributed by atoms with Crippen LogP contribution in [-0.2, 0) is 11.3 Å². The van der Waals surface area contributed by atoms with E-state index >= 15 is 0 Å². The maximum absolute atomic E-state index is 11.7. The molecule has 1 amide bonds. The van der Waals surface area contributed by atoms with Crippen LogP contribution in [0.5, 0.6) is 0 Å². The molecule has 0 aliphatic carbocycles. The first kappa shape index (κ1) is 14.6. The Hall–Kier alpha value is -1.84. The zero-order chi connectivity index (χ0) is 14.4. The van der Waals surface area contributed by atoms with Gasteiger partial charge in [-0.3, -0.25) is 4.79 Å². The van der Waals surface area contributed by atoms with Gasteiger partial charge in [-0.15, -0.1) is 0 Å². The van der Waals surface area contributed by atoms with Gasteiger partial charge in [0.05, 0.1) is 6.54 Å². The van der Waals surface area contributed by atoms with Gasteiger partial charge in [0.2, 0.25) is 5.91 Å². The minimum atomic E-state index is -0.0695. The van der Waals surface area contributed by atoms with Gasteiger partial charge in [-0.25, -0.2) is 0 Å². The Kier molecular flexibility index (Phi) is 5.16. The van der Waals surface area contributed by atoms with Crippen molar-refractivity contribution in [3.8, 4) is 0 Å². The highest BCUT2D eigenvalue weighted by molar-refractivity contribution is 6.30. The summed E-state index contributed by atoms with van der Waals surface area (Å²) in [5.74, 6) is -0.0695. The Bertz CT molecular complexity index is 581. The van der Waals surface area contributed by atoms with E-state index in [1.165, 1.54) is 11.1 Å². The van der Waals surface area contributed by atoms with Gasteiger partial charge in [0.1, 0.15) is 0 Å². The number of hydrogen-bond acceptors (Lipinski definition) is 2. The third-order valence-corrected chi connectivity index (χ3v) is 3.08. The van der Waals surface area contributed by atoms with Crippen molar-refractivity contribution in [2.75, 3.05) is 11.9 Å². The molecule has 0 heterocycles. The van der Waals surface area contributed by atoms with Crippen LogP contribution < -0.4 is 10.6 Å². The van der Waals surface area contributed by atoms with Gasteiger partial charge in [0, 0.05) is 17.3 Å². The maximum atomic E-state index is 11.7. The number of halogens is 1. The summed E-state index contributed by atoms with van der Waals surface area (Å²) < 4.78 is 0. The smallest absolute Gasteiger partial charge is 0.238 e. The number of benzene rings is 2. The summed E-state index contributed by atoms with van der Waals surface area (Å²) in [6.07, 6.45) is 0. The molecule has 0 spiro atoms. The van der Waals surface area contributed by atoms with E-state index in [0.717, 1.165) is 5.69 Å². The Balaban J connectivity index is 1.76. The summed E-state index contributed by atoms with van der Waals surface area (Å²) in [4.78, 5) is 11.7. The summed E-state index contributed by atoms with van der Waals surface area (Å²) in [6.45, 7) is 3.00. The van der Waals surface area contributed by atoms with Crippen LogP contribution >= 0.6 is 11.6 Å². The summed E-state index contributed by atoms with van der Waals surface area (Å²) in [7, 11) is 0. The second kappa shape index (κ2) is 7.08. The third kappa shape index (κ3) is 4.68. The van der Waals surface area contributed by atoms with E-state index in [-0.39, 0.29) is 12.5 Å². The standard InChI is InChI=1S/C16H17ClN2O/c1-12-3-2-4-13(9-12)10-18-11-16(20)19-15-7-5-14(17)6-8-15/h2-9,18H,10-11H2,1H3,(H,19,20). The van der Waals surface area contributed by atoms with E-state index in [0.29, 0.717) is 11.6 Å². The van der Waals surface area contributed by atoms with Crippen LogP contribution in [-0.4, -0.2) is 12.5 Å². The van der Waals surface area contributed by atoms with E-state index in [1.54, 1.807) is 24.3 Å². The molecule has 20 heavy (non-hydrogen) atoms. The van der Waals surface area contributed by atoms with Gasteiger partial charge in [-0.2, -0.15) is 0 Å². The van der Waals surface area contributed by atoms with E-state index in [1.807, 2.05) is 12.1 Å². The lowest BCUT2D eigenvalue weighted by molar-refractivity contribution is -0.115. The van der Waals surface area contributed by atoms with Crippen LogP contribution in [0.2, 0.25) is 5.02 Å². The van der Waals surface area contributed by atoms with Crippen LogP contribution in [0.25, 0.3) is 0 Å². The second-order valence-electron chi connectivity index (χ2n) is 4.65. The molecule has 3 nitrogen and oxygen atoms in total. The van der Waals surface area contributed by atoms with Crippen molar-refractivity contribution >= 4 is 23.2 Å². The molecule has 0 aromatic heterocycles. The lowest BCUT2D eigenvalue weighted by atomic mass is 10.1. The first-order valence-electron chi connectivity index (χ1n) is 6.45. The molecular formula is C16H17ClN2O. The Morgan fingerprint density at radius 3 is 2.60 bits per heavy atom. The van der Waals surface area contributed by atoms with E-state index < -0.39 is 0 Å². The van der Waals surface area contributed by atoms with Gasteiger partial charge in [0.25, 0.3) is 0 Å². The molecule has 2 aromatic rings. The van der Waals surface area contributed by atoms with Gasteiger partial charge in [0.15, 0.2) is 0 Å². The molecule has 0 radical (unpaired) electrons. The molecule has 0 unspecified atom stereocenters. The predicted octanol–water partition coefficient (Wildman–Crippen LogP) is 3.38. The van der Waals surface area contributed by atoms with Crippen molar-refractivity contribution < 1.29 is 4.79 Å². The van der Waals surface area contributed by atoms with E-state index in [4.69, 9.17) is 11.6 Å². The SMILES string of the molecule is Cc1cccc(CNCC(=O)Nc2ccc(Cl)cc2)c1. The maximum Gasteiger partial charge on any atom is 0.238 e. The molecule has 0 saturated carbocycles. The average Bonchev–Trinajstić information content (AvgIpc) is 2.41. The Morgan fingerprint density at radius 1 is 1.15 bits per heavy atom. The fraction of sp³-hybridized carbons (Fsp3) is 0.188. The molecule has 2 aromatic carbocycles. The van der Waals surface area contributed by atoms with Crippen LogP contribution in [0, 0.1) is 6.92 Å². The van der Waals surface area contributed by atoms with Crippen molar-refractivity contribution in [1.82, 2.24) is 5.32 Å². The highest BCUT2D eigenvalue weighted by Crippen LogP contribution is 2.13. The summed E-state index contributed by atoms with van der Waals surface area (Å²) in [5.41, 5.74) is 3.14. The van der Waals surface area contributed by atoms with Gasteiger partial charge < -0.3 is 10.6 Å². The lowest BCUT2D eigenvalue weighted by Gasteiger charge is -2.07. The Labute approximate surface area is 124 Å². The van der Waals surface area contributed by atoms with Crippen molar-refractivity contribution in [2.45, 2.75) is 13.5 Å². The molecular weight excluding hydrogens is 272 g/mol. The van der Waals surface area contributed by atoms with Gasteiger partial charge in [-0.05, 0) is 36.8 Å². The monoisotopic (exact) mass is 288 g/mol. The molecule has 0 fully saturated rings. The Morgan fingerprint density at radius 2 is 1.90 bits per heavy atom. The fourth-order valence-electron chi connectivity index (χ4n) is 1.88. The molecule has 0 atom stereocenters. The topological polar surface area (TPSA) is 41.1 Å². The number of carbonyl (C=O) groups excluding carboxylic acids is 1. The molecule has 4 heteroatoms. The van der Waals surface area contributed by atoms with Crippen LogP contribution in [0.15, 0.2) is 48.5 Å². The molecule has 2 rings (SSSR count). The molecule has 0 aliphatic rings. The summed E-state index contributed by atoms with van der Waals surface area (Å²) in [6, 6.07) is 15.3. The third-order valence-electron chi connectivity index (χ3n) is 2.83. The summed E-state index contributed by atoms with van der Waals surface area (Å²) in [5, 5.41) is 6.58. The summed E-state index contributed by atoms with van der Waals surface area (Å²) >= 11 is 5.79. The number of nitrogens with one attached hydrogen (secondary N) is 2. The minimum Gasteiger partial charge on any atom is -0.325 e. The van der Waals surface area contributed by atoms with Crippen molar-refractivity contribution in [3.05, 3.63) is 64.7 Å². The number of amides is 1. The van der Waals surface area contributed by atoms with Gasteiger partial charge in [-0.1, -0.05) is 41.4 Å². The molecule has 0 aliphatic heterocycles. The highest BCUT2D eigenvalue weighted by Gasteiger charge is 2.02. The zero-order valence-corrected chi connectivity index (χ0v) is 12.1. The molecule has 0 saturated heterocycles. The number of rotatable bonds is 5. The molecule has 2 N–H and O–H groups in total. The number of carbonyl (C=O) groups is 1. The lowest BCUT2D eigenvalue weighted by Crippen LogP contribution is -2.27. The first-order chi connectivity index (χ1) is 9.63. The fourth-order valence-corrected chi connectivity index (χ4v) is 2.01. The van der Waals surface area contributed by atoms with Gasteiger partial charge >= 0.3 is 0 Å². The number of anilines is 1. The second-order valence-corrected chi connectivity index (χ2v) is 5.08. The van der Waals surface area contributed by atoms with Crippen LogP contribution in [0.1, 0.15) is 11.1 Å². The first-order valence-corrected chi connectivity index (χ1v) is 6.83. The minimum absolute atomic E-state index is 0.0695. The van der Waals surface area contributed by atoms with E-state index in [2.05, 4.69) is 29.7 Å². The predicted molar refractivity (Wildman–Crippen MR) is 83.0 cm³/mol. The van der Waals surface area contributed by atoms with Crippen LogP contribution in [0.3, 0.4) is 0 Å².